The molecule has 0 radical (unpaired) electrons. The molecule has 26 heavy (non-hydrogen) atoms. The Morgan fingerprint density at radius 2 is 1.62 bits per heavy atom. The Morgan fingerprint density at radius 3 is 2.15 bits per heavy atom. The monoisotopic (exact) mass is 384 g/mol. The highest BCUT2D eigenvalue weighted by molar-refractivity contribution is 7.86. The summed E-state index contributed by atoms with van der Waals surface area (Å²) in [6.45, 7) is 2.09. The molecule has 0 saturated heterocycles. The van der Waals surface area contributed by atoms with Crippen molar-refractivity contribution in [3.8, 4) is 0 Å². The van der Waals surface area contributed by atoms with Gasteiger partial charge in [0, 0.05) is 0 Å². The van der Waals surface area contributed by atoms with Gasteiger partial charge < -0.3 is 4.74 Å². The van der Waals surface area contributed by atoms with E-state index in [2.05, 4.69) is 6.92 Å². The Bertz CT molecular complexity index is 615. The maximum absolute atomic E-state index is 13.0. The van der Waals surface area contributed by atoms with Crippen LogP contribution in [0.5, 0.6) is 0 Å². The maximum Gasteiger partial charge on any atom is 0.309 e. The zero-order chi connectivity index (χ0) is 18.5. The summed E-state index contributed by atoms with van der Waals surface area (Å²) in [6.07, 6.45) is 9.43. The van der Waals surface area contributed by atoms with E-state index in [1.807, 2.05) is 0 Å². The maximum atomic E-state index is 13.0. The molecular formula is C20H32O5S. The molecular weight excluding hydrogens is 352 g/mol. The fraction of sp³-hybridized carbons (Fsp3) is 0.950. The molecule has 0 aromatic carbocycles. The Kier molecular flexibility index (Phi) is 5.10. The molecule has 3 unspecified atom stereocenters. The molecule has 5 fully saturated rings. The molecule has 0 spiro atoms. The third-order valence-corrected chi connectivity index (χ3v) is 8.99. The second kappa shape index (κ2) is 7.08. The van der Waals surface area contributed by atoms with Gasteiger partial charge in [-0.25, -0.2) is 0 Å². The van der Waals surface area contributed by atoms with Gasteiger partial charge in [0.15, 0.2) is 0 Å². The van der Waals surface area contributed by atoms with Crippen LogP contribution in [0.4, 0.5) is 0 Å². The molecule has 0 aromatic rings. The Balaban J connectivity index is 1.46. The SMILES string of the molecule is CCCC1CCC(S(=O)(=O)O)CC1C(=O)OC1C2CC3CC(C2)CC1C3. The van der Waals surface area contributed by atoms with Gasteiger partial charge >= 0.3 is 5.97 Å². The third kappa shape index (κ3) is 3.56. The largest absolute Gasteiger partial charge is 0.462 e. The van der Waals surface area contributed by atoms with Crippen LogP contribution >= 0.6 is 0 Å². The van der Waals surface area contributed by atoms with E-state index in [4.69, 9.17) is 4.74 Å². The van der Waals surface area contributed by atoms with Crippen LogP contribution in [-0.2, 0) is 19.6 Å². The van der Waals surface area contributed by atoms with Crippen LogP contribution in [0.15, 0.2) is 0 Å². The topological polar surface area (TPSA) is 80.7 Å². The molecule has 0 aromatic heterocycles. The second-order valence-corrected chi connectivity index (χ2v) is 11.1. The predicted molar refractivity (Wildman–Crippen MR) is 98.0 cm³/mol. The van der Waals surface area contributed by atoms with Gasteiger partial charge in [0.05, 0.1) is 11.2 Å². The van der Waals surface area contributed by atoms with E-state index in [1.165, 1.54) is 32.1 Å². The van der Waals surface area contributed by atoms with E-state index < -0.39 is 15.4 Å². The summed E-state index contributed by atoms with van der Waals surface area (Å²) in [4.78, 5) is 13.0. The van der Waals surface area contributed by atoms with Gasteiger partial charge in [-0.1, -0.05) is 13.3 Å². The average molecular weight is 385 g/mol. The summed E-state index contributed by atoms with van der Waals surface area (Å²) >= 11 is 0. The van der Waals surface area contributed by atoms with Crippen molar-refractivity contribution < 1.29 is 22.5 Å². The average Bonchev–Trinajstić information content (AvgIpc) is 2.57. The lowest BCUT2D eigenvalue weighted by Crippen LogP contribution is -2.51. The lowest BCUT2D eigenvalue weighted by Gasteiger charge is -2.53. The van der Waals surface area contributed by atoms with Crippen molar-refractivity contribution in [2.75, 3.05) is 0 Å². The summed E-state index contributed by atoms with van der Waals surface area (Å²) in [5.41, 5.74) is 0. The van der Waals surface area contributed by atoms with Crippen molar-refractivity contribution >= 4 is 16.1 Å². The van der Waals surface area contributed by atoms with Crippen LogP contribution in [0.25, 0.3) is 0 Å². The molecule has 0 heterocycles. The highest BCUT2D eigenvalue weighted by Gasteiger charge is 2.51. The molecule has 5 aliphatic carbocycles. The minimum atomic E-state index is -4.09. The number of rotatable bonds is 5. The van der Waals surface area contributed by atoms with Crippen LogP contribution in [0.2, 0.25) is 0 Å². The van der Waals surface area contributed by atoms with Gasteiger partial charge in [-0.05, 0) is 87.4 Å². The summed E-state index contributed by atoms with van der Waals surface area (Å²) in [7, 11) is -4.09. The van der Waals surface area contributed by atoms with Gasteiger partial charge in [0.2, 0.25) is 0 Å². The molecule has 1 N–H and O–H groups in total. The minimum absolute atomic E-state index is 0.0451. The number of esters is 1. The quantitative estimate of drug-likeness (QED) is 0.575. The van der Waals surface area contributed by atoms with Gasteiger partial charge in [-0.15, -0.1) is 0 Å². The van der Waals surface area contributed by atoms with E-state index in [1.54, 1.807) is 0 Å². The van der Waals surface area contributed by atoms with Gasteiger partial charge in [-0.3, -0.25) is 9.35 Å². The van der Waals surface area contributed by atoms with Crippen LogP contribution < -0.4 is 0 Å². The normalized spacial score (nSPS) is 44.8. The van der Waals surface area contributed by atoms with Crippen LogP contribution in [0, 0.1) is 35.5 Å². The van der Waals surface area contributed by atoms with E-state index in [0.29, 0.717) is 24.7 Å². The van der Waals surface area contributed by atoms with Gasteiger partial charge in [-0.2, -0.15) is 8.42 Å². The van der Waals surface area contributed by atoms with Crippen LogP contribution in [0.1, 0.15) is 71.1 Å². The first-order valence-corrected chi connectivity index (χ1v) is 12.0. The second-order valence-electron chi connectivity index (χ2n) is 9.44. The summed E-state index contributed by atoms with van der Waals surface area (Å²) < 4.78 is 38.8. The van der Waals surface area contributed by atoms with Crippen molar-refractivity contribution in [2.45, 2.75) is 82.5 Å². The van der Waals surface area contributed by atoms with Gasteiger partial charge in [0.25, 0.3) is 10.1 Å². The number of hydrogen-bond acceptors (Lipinski definition) is 4. The molecule has 5 aliphatic rings. The molecule has 5 saturated carbocycles. The number of carbonyl (C=O) groups excluding carboxylic acids is 1. The Labute approximate surface area is 157 Å². The smallest absolute Gasteiger partial charge is 0.309 e. The first-order chi connectivity index (χ1) is 12.3. The zero-order valence-corrected chi connectivity index (χ0v) is 16.5. The molecule has 148 valence electrons. The van der Waals surface area contributed by atoms with E-state index in [9.17, 15) is 17.8 Å². The van der Waals surface area contributed by atoms with E-state index in [-0.39, 0.29) is 30.3 Å². The van der Waals surface area contributed by atoms with Crippen molar-refractivity contribution in [2.24, 2.45) is 35.5 Å². The van der Waals surface area contributed by atoms with Crippen molar-refractivity contribution in [1.29, 1.82) is 0 Å². The van der Waals surface area contributed by atoms with Crippen molar-refractivity contribution in [3.63, 3.8) is 0 Å². The first kappa shape index (κ1) is 18.7. The zero-order valence-electron chi connectivity index (χ0n) is 15.7. The van der Waals surface area contributed by atoms with Crippen molar-refractivity contribution in [1.82, 2.24) is 0 Å². The highest BCUT2D eigenvalue weighted by atomic mass is 32.2. The fourth-order valence-corrected chi connectivity index (χ4v) is 7.64. The fourth-order valence-electron chi connectivity index (χ4n) is 6.76. The predicted octanol–water partition coefficient (Wildman–Crippen LogP) is 3.83. The number of ether oxygens (including phenoxy) is 1. The third-order valence-electron chi connectivity index (χ3n) is 7.72. The molecule has 3 atom stereocenters. The lowest BCUT2D eigenvalue weighted by atomic mass is 9.55. The standard InChI is InChI=1S/C20H32O5S/c1-2-3-14-4-5-17(26(22,23)24)11-18(14)20(21)25-19-15-7-12-6-13(9-15)10-16(19)8-12/h12-19H,2-11H2,1H3,(H,22,23,24). The molecule has 6 heteroatoms. The van der Waals surface area contributed by atoms with Crippen molar-refractivity contribution in [3.05, 3.63) is 0 Å². The van der Waals surface area contributed by atoms with Crippen LogP contribution in [-0.4, -0.2) is 30.3 Å². The number of carbonyl (C=O) groups is 1. The molecule has 0 aliphatic heterocycles. The summed E-state index contributed by atoms with van der Waals surface area (Å²) in [6, 6.07) is 0. The Morgan fingerprint density at radius 1 is 1.00 bits per heavy atom. The lowest BCUT2D eigenvalue weighted by molar-refractivity contribution is -0.178. The van der Waals surface area contributed by atoms with Gasteiger partial charge in [0.1, 0.15) is 6.10 Å². The minimum Gasteiger partial charge on any atom is -0.462 e. The molecule has 5 rings (SSSR count). The highest BCUT2D eigenvalue weighted by Crippen LogP contribution is 2.55. The summed E-state index contributed by atoms with van der Waals surface area (Å²) in [5, 5.41) is -0.813. The molecule has 5 nitrogen and oxygen atoms in total. The summed E-state index contributed by atoms with van der Waals surface area (Å²) in [5.74, 6) is 2.30. The molecule has 4 bridgehead atoms. The van der Waals surface area contributed by atoms with E-state index in [0.717, 1.165) is 24.7 Å². The van der Waals surface area contributed by atoms with Crippen LogP contribution in [0.3, 0.4) is 0 Å². The first-order valence-electron chi connectivity index (χ1n) is 10.5. The number of hydrogen-bond donors (Lipinski definition) is 1. The van der Waals surface area contributed by atoms with E-state index >= 15 is 0 Å². The Hall–Kier alpha value is -0.620. The molecule has 0 amide bonds.